The van der Waals surface area contributed by atoms with E-state index in [4.69, 9.17) is 10.5 Å². The van der Waals surface area contributed by atoms with Crippen molar-refractivity contribution in [3.05, 3.63) is 0 Å². The molecular formula is C13H26N2O2. The van der Waals surface area contributed by atoms with Crippen LogP contribution in [0.4, 0.5) is 4.79 Å². The summed E-state index contributed by atoms with van der Waals surface area (Å²) in [6.45, 7) is 8.01. The minimum atomic E-state index is -0.410. The van der Waals surface area contributed by atoms with Gasteiger partial charge in [-0.3, -0.25) is 0 Å². The van der Waals surface area contributed by atoms with Crippen LogP contribution in [0.5, 0.6) is 0 Å². The maximum atomic E-state index is 11.9. The van der Waals surface area contributed by atoms with Gasteiger partial charge in [0.2, 0.25) is 0 Å². The normalized spacial score (nSPS) is 22.8. The smallest absolute Gasteiger partial charge is 0.410 e. The van der Waals surface area contributed by atoms with Crippen molar-refractivity contribution < 1.29 is 9.53 Å². The molecule has 4 nitrogen and oxygen atoms in total. The number of hydrogen-bond acceptors (Lipinski definition) is 3. The first-order valence-electron chi connectivity index (χ1n) is 6.60. The number of ether oxygens (including phenoxy) is 1. The molecule has 1 heterocycles. The molecular weight excluding hydrogens is 216 g/mol. The van der Waals surface area contributed by atoms with E-state index in [1.54, 1.807) is 0 Å². The summed E-state index contributed by atoms with van der Waals surface area (Å²) in [7, 11) is 0. The minimum absolute atomic E-state index is 0.185. The van der Waals surface area contributed by atoms with E-state index in [0.717, 1.165) is 38.9 Å². The summed E-state index contributed by atoms with van der Waals surface area (Å²) >= 11 is 0. The van der Waals surface area contributed by atoms with Gasteiger partial charge in [-0.05, 0) is 52.5 Å². The van der Waals surface area contributed by atoms with Crippen LogP contribution in [0.3, 0.4) is 0 Å². The Morgan fingerprint density at radius 1 is 1.29 bits per heavy atom. The molecule has 1 amide bonds. The molecule has 1 saturated heterocycles. The third-order valence-electron chi connectivity index (χ3n) is 3.08. The lowest BCUT2D eigenvalue weighted by atomic mass is 9.96. The Morgan fingerprint density at radius 2 is 2.00 bits per heavy atom. The topological polar surface area (TPSA) is 55.6 Å². The average Bonchev–Trinajstić information content (AvgIpc) is 2.14. The molecule has 0 aliphatic carbocycles. The largest absolute Gasteiger partial charge is 0.444 e. The van der Waals surface area contributed by atoms with Gasteiger partial charge in [0.25, 0.3) is 0 Å². The Morgan fingerprint density at radius 3 is 2.59 bits per heavy atom. The lowest BCUT2D eigenvalue weighted by Gasteiger charge is -2.30. The van der Waals surface area contributed by atoms with Gasteiger partial charge in [-0.2, -0.15) is 0 Å². The van der Waals surface area contributed by atoms with Crippen molar-refractivity contribution in [1.29, 1.82) is 0 Å². The van der Waals surface area contributed by atoms with E-state index in [9.17, 15) is 4.79 Å². The Kier molecular flexibility index (Phi) is 5.25. The third kappa shape index (κ3) is 5.39. The maximum absolute atomic E-state index is 11.9. The van der Waals surface area contributed by atoms with Crippen LogP contribution in [-0.2, 0) is 4.74 Å². The predicted molar refractivity (Wildman–Crippen MR) is 68.8 cm³/mol. The first kappa shape index (κ1) is 14.3. The van der Waals surface area contributed by atoms with E-state index in [0.29, 0.717) is 5.92 Å². The van der Waals surface area contributed by atoms with Gasteiger partial charge in [-0.25, -0.2) is 4.79 Å². The van der Waals surface area contributed by atoms with Crippen molar-refractivity contribution in [2.45, 2.75) is 52.1 Å². The Hall–Kier alpha value is -0.770. The lowest BCUT2D eigenvalue weighted by molar-refractivity contribution is 0.0225. The van der Waals surface area contributed by atoms with E-state index >= 15 is 0 Å². The van der Waals surface area contributed by atoms with Gasteiger partial charge >= 0.3 is 6.09 Å². The van der Waals surface area contributed by atoms with Crippen LogP contribution in [0.2, 0.25) is 0 Å². The molecule has 1 rings (SSSR count). The van der Waals surface area contributed by atoms with Crippen LogP contribution < -0.4 is 5.73 Å². The summed E-state index contributed by atoms with van der Waals surface area (Å²) in [4.78, 5) is 13.8. The quantitative estimate of drug-likeness (QED) is 0.768. The average molecular weight is 242 g/mol. The number of likely N-dealkylation sites (tertiary alicyclic amines) is 1. The fourth-order valence-corrected chi connectivity index (χ4v) is 2.07. The first-order chi connectivity index (χ1) is 7.92. The highest BCUT2D eigenvalue weighted by Crippen LogP contribution is 2.18. The van der Waals surface area contributed by atoms with Gasteiger partial charge in [0.1, 0.15) is 5.60 Å². The Labute approximate surface area is 104 Å². The molecule has 0 aromatic carbocycles. The van der Waals surface area contributed by atoms with Crippen molar-refractivity contribution in [3.8, 4) is 0 Å². The van der Waals surface area contributed by atoms with E-state index in [1.807, 2.05) is 25.7 Å². The molecule has 1 aliphatic rings. The first-order valence-corrected chi connectivity index (χ1v) is 6.60. The van der Waals surface area contributed by atoms with Crippen molar-refractivity contribution in [2.75, 3.05) is 19.6 Å². The van der Waals surface area contributed by atoms with Gasteiger partial charge in [-0.15, -0.1) is 0 Å². The molecule has 0 radical (unpaired) electrons. The lowest BCUT2D eigenvalue weighted by Crippen LogP contribution is -2.39. The SMILES string of the molecule is CC(C)(C)OC(=O)N1CCCCC(CN)CC1. The fraction of sp³-hybridized carbons (Fsp3) is 0.923. The van der Waals surface area contributed by atoms with Crippen LogP contribution in [0.1, 0.15) is 46.5 Å². The summed E-state index contributed by atoms with van der Waals surface area (Å²) in [5.74, 6) is 0.556. The van der Waals surface area contributed by atoms with Crippen molar-refractivity contribution in [3.63, 3.8) is 0 Å². The molecule has 0 aromatic heterocycles. The number of nitrogens with zero attached hydrogens (tertiary/aromatic N) is 1. The zero-order valence-corrected chi connectivity index (χ0v) is 11.4. The highest BCUT2D eigenvalue weighted by molar-refractivity contribution is 5.68. The molecule has 1 fully saturated rings. The summed E-state index contributed by atoms with van der Waals surface area (Å²) in [6, 6.07) is 0. The summed E-state index contributed by atoms with van der Waals surface area (Å²) in [5.41, 5.74) is 5.30. The molecule has 1 unspecified atom stereocenters. The standard InChI is InChI=1S/C13H26N2O2/c1-13(2,3)17-12(16)15-8-5-4-6-11(10-14)7-9-15/h11H,4-10,14H2,1-3H3. The third-order valence-corrected chi connectivity index (χ3v) is 3.08. The second-order valence-corrected chi connectivity index (χ2v) is 5.85. The molecule has 1 atom stereocenters. The Balaban J connectivity index is 2.48. The van der Waals surface area contributed by atoms with Crippen LogP contribution in [-0.4, -0.2) is 36.2 Å². The minimum Gasteiger partial charge on any atom is -0.444 e. The van der Waals surface area contributed by atoms with Gasteiger partial charge < -0.3 is 15.4 Å². The van der Waals surface area contributed by atoms with Crippen LogP contribution in [0, 0.1) is 5.92 Å². The van der Waals surface area contributed by atoms with Crippen LogP contribution >= 0.6 is 0 Å². The zero-order valence-electron chi connectivity index (χ0n) is 11.4. The summed E-state index contributed by atoms with van der Waals surface area (Å²) in [5, 5.41) is 0. The van der Waals surface area contributed by atoms with E-state index in [2.05, 4.69) is 0 Å². The highest BCUT2D eigenvalue weighted by Gasteiger charge is 2.23. The van der Waals surface area contributed by atoms with E-state index < -0.39 is 5.60 Å². The van der Waals surface area contributed by atoms with Crippen LogP contribution in [0.15, 0.2) is 0 Å². The van der Waals surface area contributed by atoms with Gasteiger partial charge in [0.05, 0.1) is 0 Å². The number of carbonyl (C=O) groups excluding carboxylic acids is 1. The monoisotopic (exact) mass is 242 g/mol. The number of carbonyl (C=O) groups is 1. The second-order valence-electron chi connectivity index (χ2n) is 5.85. The zero-order chi connectivity index (χ0) is 12.9. The van der Waals surface area contributed by atoms with E-state index in [-0.39, 0.29) is 6.09 Å². The second kappa shape index (κ2) is 6.24. The molecule has 2 N–H and O–H groups in total. The Bertz CT molecular complexity index is 248. The fourth-order valence-electron chi connectivity index (χ4n) is 2.07. The maximum Gasteiger partial charge on any atom is 0.410 e. The molecule has 0 saturated carbocycles. The number of nitrogens with two attached hydrogens (primary N) is 1. The predicted octanol–water partition coefficient (Wildman–Crippen LogP) is 2.37. The van der Waals surface area contributed by atoms with Gasteiger partial charge in [0, 0.05) is 13.1 Å². The van der Waals surface area contributed by atoms with Gasteiger partial charge in [-0.1, -0.05) is 6.42 Å². The van der Waals surface area contributed by atoms with Crippen molar-refractivity contribution >= 4 is 6.09 Å². The highest BCUT2D eigenvalue weighted by atomic mass is 16.6. The summed E-state index contributed by atoms with van der Waals surface area (Å²) < 4.78 is 5.40. The number of amides is 1. The molecule has 100 valence electrons. The van der Waals surface area contributed by atoms with Crippen molar-refractivity contribution in [2.24, 2.45) is 11.7 Å². The number of rotatable bonds is 1. The molecule has 0 bridgehead atoms. The molecule has 0 aromatic rings. The van der Waals surface area contributed by atoms with E-state index in [1.165, 1.54) is 6.42 Å². The molecule has 1 aliphatic heterocycles. The molecule has 4 heteroatoms. The number of hydrogen-bond donors (Lipinski definition) is 1. The van der Waals surface area contributed by atoms with Gasteiger partial charge in [0.15, 0.2) is 0 Å². The van der Waals surface area contributed by atoms with Crippen LogP contribution in [0.25, 0.3) is 0 Å². The summed E-state index contributed by atoms with van der Waals surface area (Å²) in [6.07, 6.45) is 4.21. The molecule has 17 heavy (non-hydrogen) atoms. The molecule has 0 spiro atoms. The van der Waals surface area contributed by atoms with Crippen molar-refractivity contribution in [1.82, 2.24) is 4.90 Å².